The molecule has 0 saturated carbocycles. The smallest absolute Gasteiger partial charge is 0.131 e. The lowest BCUT2D eigenvalue weighted by Gasteiger charge is -2.27. The molecule has 2 aromatic rings. The molecule has 1 aromatic carbocycles. The summed E-state index contributed by atoms with van der Waals surface area (Å²) < 4.78 is 5.40. The zero-order valence-corrected chi connectivity index (χ0v) is 12.8. The number of rotatable bonds is 5. The summed E-state index contributed by atoms with van der Waals surface area (Å²) in [5, 5.41) is 0.513. The highest BCUT2D eigenvalue weighted by molar-refractivity contribution is 6.29. The van der Waals surface area contributed by atoms with Gasteiger partial charge in [-0.05, 0) is 37.1 Å². The molecule has 1 aromatic heterocycles. The van der Waals surface area contributed by atoms with E-state index in [-0.39, 0.29) is 0 Å². The molecular weight excluding hydrogens is 272 g/mol. The minimum atomic E-state index is 0.324. The van der Waals surface area contributed by atoms with Crippen LogP contribution in [-0.4, -0.2) is 25.2 Å². The maximum atomic E-state index is 5.94. The quantitative estimate of drug-likeness (QED) is 0.783. The first kappa shape index (κ1) is 14.7. The second-order valence-electron chi connectivity index (χ2n) is 4.81. The van der Waals surface area contributed by atoms with Crippen molar-refractivity contribution in [3.63, 3.8) is 0 Å². The summed E-state index contributed by atoms with van der Waals surface area (Å²) >= 11 is 5.94. The number of benzene rings is 1. The number of methoxy groups -OCH3 is 1. The lowest BCUT2D eigenvalue weighted by molar-refractivity contribution is 0.408. The first-order valence-electron chi connectivity index (χ1n) is 6.58. The van der Waals surface area contributed by atoms with Crippen molar-refractivity contribution in [1.82, 2.24) is 4.98 Å². The van der Waals surface area contributed by atoms with E-state index < -0.39 is 0 Å². The van der Waals surface area contributed by atoms with Crippen LogP contribution in [0.15, 0.2) is 42.6 Å². The van der Waals surface area contributed by atoms with E-state index in [0.717, 1.165) is 17.9 Å². The first-order valence-corrected chi connectivity index (χ1v) is 6.96. The van der Waals surface area contributed by atoms with E-state index in [9.17, 15) is 0 Å². The van der Waals surface area contributed by atoms with Gasteiger partial charge in [-0.1, -0.05) is 29.8 Å². The number of para-hydroxylation sites is 1. The summed E-state index contributed by atoms with van der Waals surface area (Å²) in [6.45, 7) is 2.18. The van der Waals surface area contributed by atoms with Crippen LogP contribution < -0.4 is 9.64 Å². The Morgan fingerprint density at radius 2 is 2.05 bits per heavy atom. The van der Waals surface area contributed by atoms with E-state index in [4.69, 9.17) is 16.3 Å². The standard InChI is InChI=1S/C16H19ClN2O/c1-12(10-13-6-4-5-7-15(13)20-3)19(2)14-8-9-18-16(17)11-14/h4-9,11-12H,10H2,1-3H3. The molecule has 0 aliphatic rings. The van der Waals surface area contributed by atoms with Gasteiger partial charge in [-0.2, -0.15) is 0 Å². The van der Waals surface area contributed by atoms with Gasteiger partial charge in [-0.25, -0.2) is 4.98 Å². The van der Waals surface area contributed by atoms with Crippen molar-refractivity contribution < 1.29 is 4.74 Å². The number of pyridine rings is 1. The highest BCUT2D eigenvalue weighted by Crippen LogP contribution is 2.23. The zero-order valence-electron chi connectivity index (χ0n) is 12.0. The molecule has 0 aliphatic carbocycles. The number of halogens is 1. The fourth-order valence-corrected chi connectivity index (χ4v) is 2.36. The molecule has 1 atom stereocenters. The van der Waals surface area contributed by atoms with Crippen molar-refractivity contribution >= 4 is 17.3 Å². The molecule has 0 N–H and O–H groups in total. The Kier molecular flexibility index (Phi) is 4.85. The molecule has 0 amide bonds. The maximum Gasteiger partial charge on any atom is 0.131 e. The number of aromatic nitrogens is 1. The molecule has 2 rings (SSSR count). The minimum absolute atomic E-state index is 0.324. The Hall–Kier alpha value is -1.74. The molecule has 4 heteroatoms. The Bertz CT molecular complexity index is 574. The molecule has 0 radical (unpaired) electrons. The van der Waals surface area contributed by atoms with Crippen LogP contribution in [0.4, 0.5) is 5.69 Å². The second-order valence-corrected chi connectivity index (χ2v) is 5.20. The maximum absolute atomic E-state index is 5.94. The number of ether oxygens (including phenoxy) is 1. The molecule has 106 valence electrons. The predicted octanol–water partition coefficient (Wildman–Crippen LogP) is 3.81. The number of hydrogen-bond acceptors (Lipinski definition) is 3. The van der Waals surface area contributed by atoms with Crippen LogP contribution in [-0.2, 0) is 6.42 Å². The first-order chi connectivity index (χ1) is 9.61. The normalized spacial score (nSPS) is 12.0. The molecule has 20 heavy (non-hydrogen) atoms. The van der Waals surface area contributed by atoms with Crippen LogP contribution in [0.5, 0.6) is 5.75 Å². The Morgan fingerprint density at radius 3 is 2.75 bits per heavy atom. The topological polar surface area (TPSA) is 25.4 Å². The Morgan fingerprint density at radius 1 is 1.30 bits per heavy atom. The zero-order chi connectivity index (χ0) is 14.5. The van der Waals surface area contributed by atoms with Gasteiger partial charge < -0.3 is 9.64 Å². The van der Waals surface area contributed by atoms with E-state index >= 15 is 0 Å². The van der Waals surface area contributed by atoms with Crippen molar-refractivity contribution in [3.05, 3.63) is 53.3 Å². The minimum Gasteiger partial charge on any atom is -0.496 e. The molecule has 0 aliphatic heterocycles. The summed E-state index contributed by atoms with van der Waals surface area (Å²) in [6, 6.07) is 12.3. The van der Waals surface area contributed by atoms with E-state index in [1.54, 1.807) is 13.3 Å². The molecule has 0 bridgehead atoms. The SMILES string of the molecule is COc1ccccc1CC(C)N(C)c1ccnc(Cl)c1. The molecule has 0 saturated heterocycles. The van der Waals surface area contributed by atoms with Crippen LogP contribution >= 0.6 is 11.6 Å². The highest BCUT2D eigenvalue weighted by atomic mass is 35.5. The number of likely N-dealkylation sites (N-methyl/N-ethyl adjacent to an activating group) is 1. The summed E-state index contributed by atoms with van der Waals surface area (Å²) in [5.74, 6) is 0.931. The highest BCUT2D eigenvalue weighted by Gasteiger charge is 2.13. The predicted molar refractivity (Wildman–Crippen MR) is 83.8 cm³/mol. The summed E-state index contributed by atoms with van der Waals surface area (Å²) in [4.78, 5) is 6.21. The molecule has 1 heterocycles. The molecular formula is C16H19ClN2O. The number of nitrogens with zero attached hydrogens (tertiary/aromatic N) is 2. The third-order valence-corrected chi connectivity index (χ3v) is 3.69. The third kappa shape index (κ3) is 3.42. The van der Waals surface area contributed by atoms with E-state index in [0.29, 0.717) is 11.2 Å². The fourth-order valence-electron chi connectivity index (χ4n) is 2.19. The largest absolute Gasteiger partial charge is 0.496 e. The van der Waals surface area contributed by atoms with Gasteiger partial charge in [0.15, 0.2) is 0 Å². The van der Waals surface area contributed by atoms with Crippen molar-refractivity contribution in [2.45, 2.75) is 19.4 Å². The second kappa shape index (κ2) is 6.62. The van der Waals surface area contributed by atoms with Gasteiger partial charge in [0.25, 0.3) is 0 Å². The third-order valence-electron chi connectivity index (χ3n) is 3.49. The fraction of sp³-hybridized carbons (Fsp3) is 0.312. The number of anilines is 1. The van der Waals surface area contributed by atoms with Gasteiger partial charge in [-0.3, -0.25) is 0 Å². The van der Waals surface area contributed by atoms with Gasteiger partial charge >= 0.3 is 0 Å². The summed E-state index contributed by atoms with van der Waals surface area (Å²) in [5.41, 5.74) is 2.27. The average Bonchev–Trinajstić information content (AvgIpc) is 2.47. The molecule has 3 nitrogen and oxygen atoms in total. The van der Waals surface area contributed by atoms with Gasteiger partial charge in [0.1, 0.15) is 10.9 Å². The van der Waals surface area contributed by atoms with Crippen molar-refractivity contribution in [3.8, 4) is 5.75 Å². The average molecular weight is 291 g/mol. The summed E-state index contributed by atoms with van der Waals surface area (Å²) in [7, 11) is 3.77. The lowest BCUT2D eigenvalue weighted by Crippen LogP contribution is -2.30. The summed E-state index contributed by atoms with van der Waals surface area (Å²) in [6.07, 6.45) is 2.63. The monoisotopic (exact) mass is 290 g/mol. The lowest BCUT2D eigenvalue weighted by atomic mass is 10.0. The van der Waals surface area contributed by atoms with Crippen molar-refractivity contribution in [2.24, 2.45) is 0 Å². The molecule has 1 unspecified atom stereocenters. The van der Waals surface area contributed by atoms with Gasteiger partial charge in [0, 0.05) is 25.0 Å². The molecule has 0 fully saturated rings. The van der Waals surface area contributed by atoms with E-state index in [2.05, 4.69) is 29.9 Å². The van der Waals surface area contributed by atoms with Crippen LogP contribution in [0.2, 0.25) is 5.15 Å². The van der Waals surface area contributed by atoms with Gasteiger partial charge in [0.05, 0.1) is 7.11 Å². The van der Waals surface area contributed by atoms with Gasteiger partial charge in [0.2, 0.25) is 0 Å². The van der Waals surface area contributed by atoms with Crippen LogP contribution in [0, 0.1) is 0 Å². The van der Waals surface area contributed by atoms with Crippen molar-refractivity contribution in [1.29, 1.82) is 0 Å². The van der Waals surface area contributed by atoms with E-state index in [1.165, 1.54) is 5.56 Å². The van der Waals surface area contributed by atoms with Crippen molar-refractivity contribution in [2.75, 3.05) is 19.1 Å². The van der Waals surface area contributed by atoms with Crippen LogP contribution in [0.25, 0.3) is 0 Å². The Balaban J connectivity index is 2.13. The van der Waals surface area contributed by atoms with Crippen LogP contribution in [0.3, 0.4) is 0 Å². The number of hydrogen-bond donors (Lipinski definition) is 0. The van der Waals surface area contributed by atoms with Crippen LogP contribution in [0.1, 0.15) is 12.5 Å². The van der Waals surface area contributed by atoms with E-state index in [1.807, 2.05) is 30.3 Å². The Labute approximate surface area is 125 Å². The molecule has 0 spiro atoms. The van der Waals surface area contributed by atoms with Gasteiger partial charge in [-0.15, -0.1) is 0 Å².